The third-order valence-corrected chi connectivity index (χ3v) is 5.01. The van der Waals surface area contributed by atoms with Crippen LogP contribution in [0.4, 0.5) is 0 Å². The van der Waals surface area contributed by atoms with Gasteiger partial charge >= 0.3 is 5.97 Å². The molecule has 0 saturated heterocycles. The van der Waals surface area contributed by atoms with Gasteiger partial charge in [0.2, 0.25) is 0 Å². The van der Waals surface area contributed by atoms with E-state index in [4.69, 9.17) is 27.9 Å². The molecular weight excluding hydrogens is 419 g/mol. The number of rotatable bonds is 5. The molecule has 8 heteroatoms. The number of ether oxygens (including phenoxy) is 1. The molecule has 0 radical (unpaired) electrons. The SMILES string of the molecule is Cc1ccc(Cn2ccsc2=NC(=O)COC(=O)c2cc(Cl)cc(Cl)c2)cc1. The number of aromatic nitrogens is 1. The Labute approximate surface area is 175 Å². The first-order valence-electron chi connectivity index (χ1n) is 8.31. The molecule has 1 heterocycles. The largest absolute Gasteiger partial charge is 0.452 e. The number of carbonyl (C=O) groups is 2. The molecule has 0 bridgehead atoms. The van der Waals surface area contributed by atoms with E-state index in [1.165, 1.54) is 35.1 Å². The summed E-state index contributed by atoms with van der Waals surface area (Å²) in [6.07, 6.45) is 1.86. The first-order valence-corrected chi connectivity index (χ1v) is 9.94. The standard InChI is InChI=1S/C20H16Cl2N2O3S/c1-13-2-4-14(5-3-13)11-24-6-7-28-20(24)23-18(25)12-27-19(26)15-8-16(21)10-17(22)9-15/h2-10H,11-12H2,1H3. The third kappa shape index (κ3) is 5.55. The molecule has 1 amide bonds. The molecule has 28 heavy (non-hydrogen) atoms. The minimum Gasteiger partial charge on any atom is -0.452 e. The molecule has 2 aromatic carbocycles. The van der Waals surface area contributed by atoms with Crippen molar-refractivity contribution in [3.63, 3.8) is 0 Å². The highest BCUT2D eigenvalue weighted by molar-refractivity contribution is 7.07. The summed E-state index contributed by atoms with van der Waals surface area (Å²) in [4.78, 5) is 28.8. The van der Waals surface area contributed by atoms with E-state index in [-0.39, 0.29) is 5.56 Å². The Morgan fingerprint density at radius 3 is 2.46 bits per heavy atom. The number of nitrogens with zero attached hydrogens (tertiary/aromatic N) is 2. The van der Waals surface area contributed by atoms with E-state index in [1.807, 2.05) is 47.3 Å². The highest BCUT2D eigenvalue weighted by Crippen LogP contribution is 2.19. The molecule has 5 nitrogen and oxygen atoms in total. The number of hydrogen-bond donors (Lipinski definition) is 0. The van der Waals surface area contributed by atoms with Crippen LogP contribution in [0.5, 0.6) is 0 Å². The number of esters is 1. The minimum atomic E-state index is -0.688. The van der Waals surface area contributed by atoms with Crippen molar-refractivity contribution in [1.82, 2.24) is 4.57 Å². The van der Waals surface area contributed by atoms with E-state index >= 15 is 0 Å². The zero-order chi connectivity index (χ0) is 20.1. The van der Waals surface area contributed by atoms with Crippen molar-refractivity contribution < 1.29 is 14.3 Å². The lowest BCUT2D eigenvalue weighted by molar-refractivity contribution is -0.121. The lowest BCUT2D eigenvalue weighted by Gasteiger charge is -2.05. The molecule has 144 valence electrons. The quantitative estimate of drug-likeness (QED) is 0.555. The maximum absolute atomic E-state index is 12.1. The summed E-state index contributed by atoms with van der Waals surface area (Å²) in [5.74, 6) is -1.24. The second-order valence-electron chi connectivity index (χ2n) is 6.04. The highest BCUT2D eigenvalue weighted by Gasteiger charge is 2.12. The van der Waals surface area contributed by atoms with Crippen molar-refractivity contribution in [1.29, 1.82) is 0 Å². The summed E-state index contributed by atoms with van der Waals surface area (Å²) in [5.41, 5.74) is 2.46. The Bertz CT molecular complexity index is 1050. The molecule has 0 saturated carbocycles. The van der Waals surface area contributed by atoms with Gasteiger partial charge in [0.1, 0.15) is 0 Å². The molecular formula is C20H16Cl2N2O3S. The van der Waals surface area contributed by atoms with Gasteiger partial charge in [-0.2, -0.15) is 4.99 Å². The maximum atomic E-state index is 12.1. The molecule has 0 fully saturated rings. The average Bonchev–Trinajstić information content (AvgIpc) is 3.07. The number of hydrogen-bond acceptors (Lipinski definition) is 4. The Kier molecular flexibility index (Phi) is 6.67. The summed E-state index contributed by atoms with van der Waals surface area (Å²) in [6.45, 7) is 2.15. The van der Waals surface area contributed by atoms with Crippen LogP contribution in [-0.4, -0.2) is 23.1 Å². The molecule has 1 aromatic heterocycles. The summed E-state index contributed by atoms with van der Waals surface area (Å²) in [7, 11) is 0. The summed E-state index contributed by atoms with van der Waals surface area (Å²) in [5, 5.41) is 2.47. The normalized spacial score (nSPS) is 11.5. The lowest BCUT2D eigenvalue weighted by atomic mass is 10.1. The molecule has 0 spiro atoms. The number of halogens is 2. The van der Waals surface area contributed by atoms with Gasteiger partial charge in [-0.05, 0) is 30.7 Å². The first kappa shape index (κ1) is 20.3. The van der Waals surface area contributed by atoms with E-state index < -0.39 is 18.5 Å². The van der Waals surface area contributed by atoms with Crippen molar-refractivity contribution in [2.24, 2.45) is 4.99 Å². The summed E-state index contributed by atoms with van der Waals surface area (Å²) >= 11 is 13.1. The van der Waals surface area contributed by atoms with Gasteiger partial charge < -0.3 is 9.30 Å². The number of aryl methyl sites for hydroxylation is 1. The van der Waals surface area contributed by atoms with Gasteiger partial charge in [-0.3, -0.25) is 4.79 Å². The predicted octanol–water partition coefficient (Wildman–Crippen LogP) is 4.50. The van der Waals surface area contributed by atoms with Gasteiger partial charge in [-0.25, -0.2) is 4.79 Å². The number of benzene rings is 2. The van der Waals surface area contributed by atoms with Crippen LogP contribution in [-0.2, 0) is 16.1 Å². The number of amides is 1. The summed E-state index contributed by atoms with van der Waals surface area (Å²) < 4.78 is 6.88. The van der Waals surface area contributed by atoms with Crippen molar-refractivity contribution in [3.8, 4) is 0 Å². The average molecular weight is 435 g/mol. The predicted molar refractivity (Wildman–Crippen MR) is 110 cm³/mol. The van der Waals surface area contributed by atoms with Crippen molar-refractivity contribution in [3.05, 3.63) is 85.6 Å². The van der Waals surface area contributed by atoms with Crippen LogP contribution >= 0.6 is 34.5 Å². The number of thiazole rings is 1. The molecule has 0 aliphatic heterocycles. The monoisotopic (exact) mass is 434 g/mol. The van der Waals surface area contributed by atoms with E-state index in [0.717, 1.165) is 5.56 Å². The number of carbonyl (C=O) groups excluding carboxylic acids is 2. The zero-order valence-electron chi connectivity index (χ0n) is 14.9. The molecule has 0 unspecified atom stereocenters. The van der Waals surface area contributed by atoms with Crippen LogP contribution in [0.2, 0.25) is 10.0 Å². The van der Waals surface area contributed by atoms with E-state index in [0.29, 0.717) is 21.4 Å². The van der Waals surface area contributed by atoms with E-state index in [2.05, 4.69) is 4.99 Å². The van der Waals surface area contributed by atoms with Crippen molar-refractivity contribution in [2.75, 3.05) is 6.61 Å². The van der Waals surface area contributed by atoms with Gasteiger partial charge in [0, 0.05) is 28.2 Å². The first-order chi connectivity index (χ1) is 13.4. The highest BCUT2D eigenvalue weighted by atomic mass is 35.5. The van der Waals surface area contributed by atoms with E-state index in [1.54, 1.807) is 0 Å². The second-order valence-corrected chi connectivity index (χ2v) is 7.78. The van der Waals surface area contributed by atoms with Gasteiger partial charge in [-0.1, -0.05) is 53.0 Å². The second kappa shape index (κ2) is 9.19. The minimum absolute atomic E-state index is 0.177. The smallest absolute Gasteiger partial charge is 0.338 e. The third-order valence-electron chi connectivity index (χ3n) is 3.78. The van der Waals surface area contributed by atoms with Gasteiger partial charge in [0.15, 0.2) is 11.4 Å². The lowest BCUT2D eigenvalue weighted by Crippen LogP contribution is -2.20. The van der Waals surface area contributed by atoms with Crippen LogP contribution < -0.4 is 4.80 Å². The van der Waals surface area contributed by atoms with E-state index in [9.17, 15) is 9.59 Å². The Morgan fingerprint density at radius 2 is 1.79 bits per heavy atom. The fourth-order valence-electron chi connectivity index (χ4n) is 2.42. The van der Waals surface area contributed by atoms with Crippen LogP contribution in [0.1, 0.15) is 21.5 Å². The van der Waals surface area contributed by atoms with Crippen molar-refractivity contribution in [2.45, 2.75) is 13.5 Å². The Morgan fingerprint density at radius 1 is 1.11 bits per heavy atom. The molecule has 0 aliphatic carbocycles. The van der Waals surface area contributed by atoms with Crippen LogP contribution in [0, 0.1) is 6.92 Å². The molecule has 3 rings (SSSR count). The molecule has 0 aliphatic rings. The molecule has 0 N–H and O–H groups in total. The topological polar surface area (TPSA) is 60.7 Å². The fourth-order valence-corrected chi connectivity index (χ4v) is 3.69. The Hall–Kier alpha value is -2.41. The molecule has 3 aromatic rings. The zero-order valence-corrected chi connectivity index (χ0v) is 17.2. The van der Waals surface area contributed by atoms with Gasteiger partial charge in [-0.15, -0.1) is 11.3 Å². The van der Waals surface area contributed by atoms with Crippen LogP contribution in [0.3, 0.4) is 0 Å². The Balaban J connectivity index is 1.65. The van der Waals surface area contributed by atoms with Crippen LogP contribution in [0.15, 0.2) is 59.0 Å². The molecule has 0 atom stereocenters. The maximum Gasteiger partial charge on any atom is 0.338 e. The summed E-state index contributed by atoms with van der Waals surface area (Å²) in [6, 6.07) is 12.5. The van der Waals surface area contributed by atoms with Crippen molar-refractivity contribution >= 4 is 46.4 Å². The van der Waals surface area contributed by atoms with Gasteiger partial charge in [0.05, 0.1) is 5.56 Å². The fraction of sp³-hybridized carbons (Fsp3) is 0.150. The van der Waals surface area contributed by atoms with Gasteiger partial charge in [0.25, 0.3) is 5.91 Å². The van der Waals surface area contributed by atoms with Crippen LogP contribution in [0.25, 0.3) is 0 Å².